The van der Waals surface area contributed by atoms with Gasteiger partial charge in [-0.3, -0.25) is 4.79 Å². The number of carbonyl (C=O) groups is 1. The number of aliphatic carboxylic acids is 1. The molecular formula is C16H13ClF2O2. The summed E-state index contributed by atoms with van der Waals surface area (Å²) in [7, 11) is 0. The van der Waals surface area contributed by atoms with Crippen LogP contribution >= 0.6 is 11.6 Å². The van der Waals surface area contributed by atoms with Gasteiger partial charge < -0.3 is 5.11 Å². The molecule has 2 nitrogen and oxygen atoms in total. The number of hydrogen-bond donors (Lipinski definition) is 1. The number of carboxylic acid groups (broad SMARTS) is 1. The van der Waals surface area contributed by atoms with E-state index in [1.165, 1.54) is 0 Å². The highest BCUT2D eigenvalue weighted by atomic mass is 35.5. The molecule has 1 unspecified atom stereocenters. The fraction of sp³-hybridized carbons (Fsp3) is 0.188. The van der Waals surface area contributed by atoms with E-state index in [0.29, 0.717) is 10.6 Å². The fourth-order valence-corrected chi connectivity index (χ4v) is 2.35. The van der Waals surface area contributed by atoms with Gasteiger partial charge in [0.1, 0.15) is 11.6 Å². The summed E-state index contributed by atoms with van der Waals surface area (Å²) in [5, 5.41) is 9.75. The second-order valence-electron chi connectivity index (χ2n) is 4.77. The molecule has 1 N–H and O–H groups in total. The van der Waals surface area contributed by atoms with Gasteiger partial charge >= 0.3 is 5.97 Å². The van der Waals surface area contributed by atoms with Crippen LogP contribution in [0.15, 0.2) is 42.5 Å². The molecule has 0 bridgehead atoms. The Morgan fingerprint density at radius 1 is 1.10 bits per heavy atom. The highest BCUT2D eigenvalue weighted by Gasteiger charge is 2.21. The van der Waals surface area contributed by atoms with E-state index >= 15 is 0 Å². The van der Waals surface area contributed by atoms with Gasteiger partial charge in [-0.2, -0.15) is 0 Å². The zero-order valence-electron chi connectivity index (χ0n) is 11.0. The second kappa shape index (κ2) is 6.68. The van der Waals surface area contributed by atoms with Crippen LogP contribution in [0.3, 0.4) is 0 Å². The SMILES string of the molecule is O=C(O)C(Cc1cc(F)ccc1F)Cc1ccccc1Cl. The molecule has 0 saturated carbocycles. The zero-order chi connectivity index (χ0) is 15.4. The zero-order valence-corrected chi connectivity index (χ0v) is 11.8. The first-order valence-corrected chi connectivity index (χ1v) is 6.75. The maximum Gasteiger partial charge on any atom is 0.307 e. The summed E-state index contributed by atoms with van der Waals surface area (Å²) in [6.07, 6.45) is 0.0646. The molecule has 2 aromatic carbocycles. The molecule has 0 heterocycles. The molecule has 0 saturated heterocycles. The van der Waals surface area contributed by atoms with Gasteiger partial charge in [0.05, 0.1) is 5.92 Å². The largest absolute Gasteiger partial charge is 0.481 e. The van der Waals surface area contributed by atoms with Gasteiger partial charge in [0, 0.05) is 5.02 Å². The number of hydrogen-bond acceptors (Lipinski definition) is 1. The molecular weight excluding hydrogens is 298 g/mol. The smallest absolute Gasteiger partial charge is 0.307 e. The van der Waals surface area contributed by atoms with Crippen molar-refractivity contribution in [3.05, 3.63) is 70.2 Å². The van der Waals surface area contributed by atoms with E-state index in [1.807, 2.05) is 0 Å². The Morgan fingerprint density at radius 3 is 2.43 bits per heavy atom. The van der Waals surface area contributed by atoms with Crippen LogP contribution in [0.25, 0.3) is 0 Å². The highest BCUT2D eigenvalue weighted by Crippen LogP contribution is 2.22. The molecule has 5 heteroatoms. The average Bonchev–Trinajstić information content (AvgIpc) is 2.44. The van der Waals surface area contributed by atoms with Crippen molar-refractivity contribution in [2.75, 3.05) is 0 Å². The molecule has 0 aliphatic rings. The van der Waals surface area contributed by atoms with Crippen LogP contribution in [-0.4, -0.2) is 11.1 Å². The molecule has 0 radical (unpaired) electrons. The van der Waals surface area contributed by atoms with Crippen molar-refractivity contribution in [1.82, 2.24) is 0 Å². The maximum atomic E-state index is 13.6. The van der Waals surface area contributed by atoms with Gasteiger partial charge in [0.2, 0.25) is 0 Å². The maximum absolute atomic E-state index is 13.6. The summed E-state index contributed by atoms with van der Waals surface area (Å²) in [5.41, 5.74) is 0.720. The summed E-state index contributed by atoms with van der Waals surface area (Å²) in [6, 6.07) is 9.91. The Balaban J connectivity index is 2.22. The molecule has 0 fully saturated rings. The van der Waals surface area contributed by atoms with Crippen molar-refractivity contribution in [1.29, 1.82) is 0 Å². The van der Waals surface area contributed by atoms with Gasteiger partial charge in [0.15, 0.2) is 0 Å². The predicted octanol–water partition coefficient (Wildman–Crippen LogP) is 4.10. The van der Waals surface area contributed by atoms with Crippen LogP contribution in [-0.2, 0) is 17.6 Å². The predicted molar refractivity (Wildman–Crippen MR) is 76.3 cm³/mol. The summed E-state index contributed by atoms with van der Waals surface area (Å²) in [5.74, 6) is -3.14. The minimum absolute atomic E-state index is 0.0504. The number of halogens is 3. The topological polar surface area (TPSA) is 37.3 Å². The molecule has 1 atom stereocenters. The standard InChI is InChI=1S/C16H13ClF2O2/c17-14-4-2-1-3-10(14)7-12(16(20)21)8-11-9-13(18)5-6-15(11)19/h1-6,9,12H,7-8H2,(H,20,21). The van der Waals surface area contributed by atoms with Gasteiger partial charge in [-0.05, 0) is 48.2 Å². The summed E-state index contributed by atoms with van der Waals surface area (Å²) in [4.78, 5) is 11.4. The summed E-state index contributed by atoms with van der Waals surface area (Å²) in [6.45, 7) is 0. The van der Waals surface area contributed by atoms with Crippen molar-refractivity contribution >= 4 is 17.6 Å². The fourth-order valence-electron chi connectivity index (χ4n) is 2.14. The van der Waals surface area contributed by atoms with Crippen LogP contribution < -0.4 is 0 Å². The van der Waals surface area contributed by atoms with E-state index in [2.05, 4.69) is 0 Å². The van der Waals surface area contributed by atoms with Gasteiger partial charge in [0.25, 0.3) is 0 Å². The first-order valence-electron chi connectivity index (χ1n) is 6.37. The van der Waals surface area contributed by atoms with Crippen molar-refractivity contribution in [2.45, 2.75) is 12.8 Å². The van der Waals surface area contributed by atoms with E-state index in [9.17, 15) is 18.7 Å². The Labute approximate surface area is 126 Å². The van der Waals surface area contributed by atoms with Gasteiger partial charge in [-0.1, -0.05) is 29.8 Å². The molecule has 2 aromatic rings. The highest BCUT2D eigenvalue weighted by molar-refractivity contribution is 6.31. The molecule has 0 aliphatic heterocycles. The van der Waals surface area contributed by atoms with E-state index < -0.39 is 23.5 Å². The molecule has 110 valence electrons. The van der Waals surface area contributed by atoms with Crippen LogP contribution in [0, 0.1) is 17.6 Å². The lowest BCUT2D eigenvalue weighted by molar-refractivity contribution is -0.141. The van der Waals surface area contributed by atoms with E-state index in [-0.39, 0.29) is 18.4 Å². The molecule has 21 heavy (non-hydrogen) atoms. The third-order valence-corrected chi connectivity index (χ3v) is 3.62. The third kappa shape index (κ3) is 4.02. The van der Waals surface area contributed by atoms with Crippen LogP contribution in [0.2, 0.25) is 5.02 Å². The Hall–Kier alpha value is -1.94. The van der Waals surface area contributed by atoms with Crippen molar-refractivity contribution < 1.29 is 18.7 Å². The quantitative estimate of drug-likeness (QED) is 0.902. The second-order valence-corrected chi connectivity index (χ2v) is 5.18. The van der Waals surface area contributed by atoms with Gasteiger partial charge in [-0.15, -0.1) is 0 Å². The minimum atomic E-state index is -1.07. The molecule has 2 rings (SSSR count). The minimum Gasteiger partial charge on any atom is -0.481 e. The van der Waals surface area contributed by atoms with E-state index in [4.69, 9.17) is 11.6 Å². The normalized spacial score (nSPS) is 12.1. The van der Waals surface area contributed by atoms with Crippen molar-refractivity contribution in [3.8, 4) is 0 Å². The van der Waals surface area contributed by atoms with E-state index in [0.717, 1.165) is 18.2 Å². The van der Waals surface area contributed by atoms with Crippen LogP contribution in [0.4, 0.5) is 8.78 Å². The third-order valence-electron chi connectivity index (χ3n) is 3.25. The number of benzene rings is 2. The Bertz CT molecular complexity index is 658. The monoisotopic (exact) mass is 310 g/mol. The summed E-state index contributed by atoms with van der Waals surface area (Å²) >= 11 is 6.01. The van der Waals surface area contributed by atoms with Crippen LogP contribution in [0.5, 0.6) is 0 Å². The number of rotatable bonds is 5. The first-order chi connectivity index (χ1) is 9.97. The van der Waals surface area contributed by atoms with Gasteiger partial charge in [-0.25, -0.2) is 8.78 Å². The first kappa shape index (κ1) is 15.4. The molecule has 0 amide bonds. The Kier molecular flexibility index (Phi) is 4.91. The van der Waals surface area contributed by atoms with Crippen molar-refractivity contribution in [3.63, 3.8) is 0 Å². The molecule has 0 spiro atoms. The molecule has 0 aliphatic carbocycles. The van der Waals surface area contributed by atoms with Crippen LogP contribution in [0.1, 0.15) is 11.1 Å². The summed E-state index contributed by atoms with van der Waals surface area (Å²) < 4.78 is 26.8. The lowest BCUT2D eigenvalue weighted by atomic mass is 9.92. The van der Waals surface area contributed by atoms with E-state index in [1.54, 1.807) is 24.3 Å². The lowest BCUT2D eigenvalue weighted by Gasteiger charge is -2.14. The average molecular weight is 311 g/mol. The number of carboxylic acids is 1. The lowest BCUT2D eigenvalue weighted by Crippen LogP contribution is -2.20. The van der Waals surface area contributed by atoms with Crippen molar-refractivity contribution in [2.24, 2.45) is 5.92 Å². The molecule has 0 aromatic heterocycles. The Morgan fingerprint density at radius 2 is 1.76 bits per heavy atom.